The number of likely N-dealkylation sites (tertiary alicyclic amines) is 1. The van der Waals surface area contributed by atoms with Gasteiger partial charge in [-0.05, 0) is 40.2 Å². The molecule has 0 aliphatic carbocycles. The normalized spacial score (nSPS) is 24.0. The lowest BCUT2D eigenvalue weighted by Crippen LogP contribution is -2.63. The van der Waals surface area contributed by atoms with E-state index in [0.29, 0.717) is 6.04 Å². The zero-order chi connectivity index (χ0) is 15.3. The molecule has 2 saturated heterocycles. The molecule has 0 amide bonds. The van der Waals surface area contributed by atoms with Crippen molar-refractivity contribution in [2.45, 2.75) is 52.1 Å². The molecule has 5 heteroatoms. The summed E-state index contributed by atoms with van der Waals surface area (Å²) in [6.07, 6.45) is 5.95. The van der Waals surface area contributed by atoms with Gasteiger partial charge in [-0.2, -0.15) is 9.61 Å². The second kappa shape index (κ2) is 5.23. The summed E-state index contributed by atoms with van der Waals surface area (Å²) in [4.78, 5) is 9.80. The first-order valence-corrected chi connectivity index (χ1v) is 8.47. The second-order valence-electron chi connectivity index (χ2n) is 6.89. The number of fused-ring (bicyclic) bond motifs is 1. The van der Waals surface area contributed by atoms with Crippen LogP contribution in [0.3, 0.4) is 0 Å². The third-order valence-electron chi connectivity index (χ3n) is 5.47. The third-order valence-corrected chi connectivity index (χ3v) is 5.47. The average Bonchev–Trinajstić information content (AvgIpc) is 2.90. The molecule has 1 unspecified atom stereocenters. The Morgan fingerprint density at radius 2 is 2.00 bits per heavy atom. The van der Waals surface area contributed by atoms with Gasteiger partial charge < -0.3 is 4.90 Å². The Morgan fingerprint density at radius 1 is 1.18 bits per heavy atom. The molecule has 2 aromatic rings. The highest BCUT2D eigenvalue weighted by molar-refractivity contribution is 5.57. The molecule has 22 heavy (non-hydrogen) atoms. The van der Waals surface area contributed by atoms with Gasteiger partial charge in [-0.25, -0.2) is 4.98 Å². The van der Waals surface area contributed by atoms with E-state index in [1.807, 2.05) is 16.8 Å². The molecule has 0 radical (unpaired) electrons. The first-order valence-electron chi connectivity index (χ1n) is 8.47. The highest BCUT2D eigenvalue weighted by Gasteiger charge is 2.36. The monoisotopic (exact) mass is 299 g/mol. The van der Waals surface area contributed by atoms with Gasteiger partial charge in [0.05, 0.1) is 6.20 Å². The van der Waals surface area contributed by atoms with E-state index in [-0.39, 0.29) is 0 Å². The van der Waals surface area contributed by atoms with Gasteiger partial charge in [-0.3, -0.25) is 4.90 Å². The second-order valence-corrected chi connectivity index (χ2v) is 6.89. The Morgan fingerprint density at radius 3 is 2.77 bits per heavy atom. The van der Waals surface area contributed by atoms with E-state index in [2.05, 4.69) is 40.7 Å². The van der Waals surface area contributed by atoms with Gasteiger partial charge in [0, 0.05) is 42.5 Å². The largest absolute Gasteiger partial charge is 0.353 e. The minimum absolute atomic E-state index is 0.703. The number of piperidine rings is 1. The van der Waals surface area contributed by atoms with Crippen molar-refractivity contribution in [3.8, 4) is 0 Å². The van der Waals surface area contributed by atoms with Crippen LogP contribution in [-0.2, 0) is 0 Å². The zero-order valence-electron chi connectivity index (χ0n) is 13.8. The van der Waals surface area contributed by atoms with Crippen LogP contribution in [0.25, 0.3) is 5.65 Å². The van der Waals surface area contributed by atoms with Crippen LogP contribution < -0.4 is 4.90 Å². The molecule has 1 atom stereocenters. The average molecular weight is 299 g/mol. The molecule has 0 aromatic carbocycles. The number of hydrogen-bond donors (Lipinski definition) is 0. The summed E-state index contributed by atoms with van der Waals surface area (Å²) in [6.45, 7) is 10.1. The molecule has 118 valence electrons. The highest BCUT2D eigenvalue weighted by Crippen LogP contribution is 2.31. The van der Waals surface area contributed by atoms with Gasteiger partial charge in [0.25, 0.3) is 0 Å². The van der Waals surface area contributed by atoms with Crippen molar-refractivity contribution in [1.82, 2.24) is 19.5 Å². The Balaban J connectivity index is 1.58. The van der Waals surface area contributed by atoms with Crippen LogP contribution in [0.4, 0.5) is 5.82 Å². The first-order chi connectivity index (χ1) is 10.6. The molecule has 2 aliphatic heterocycles. The summed E-state index contributed by atoms with van der Waals surface area (Å²) < 4.78 is 2.00. The minimum Gasteiger partial charge on any atom is -0.353 e. The zero-order valence-corrected chi connectivity index (χ0v) is 13.8. The van der Waals surface area contributed by atoms with Crippen LogP contribution in [0.2, 0.25) is 0 Å². The summed E-state index contributed by atoms with van der Waals surface area (Å²) >= 11 is 0. The fraction of sp³-hybridized carbons (Fsp3) is 0.647. The van der Waals surface area contributed by atoms with E-state index in [1.165, 1.54) is 37.2 Å². The van der Waals surface area contributed by atoms with Gasteiger partial charge in [-0.15, -0.1) is 0 Å². The predicted molar refractivity (Wildman–Crippen MR) is 88.5 cm³/mol. The van der Waals surface area contributed by atoms with Crippen molar-refractivity contribution >= 4 is 11.5 Å². The maximum atomic E-state index is 4.62. The van der Waals surface area contributed by atoms with Crippen molar-refractivity contribution in [1.29, 1.82) is 0 Å². The van der Waals surface area contributed by atoms with Crippen molar-refractivity contribution in [3.63, 3.8) is 0 Å². The SMILES string of the molecule is Cc1nc2ccnn2c(N2CC(N3CCCCC3C)C2)c1C. The molecule has 0 bridgehead atoms. The van der Waals surface area contributed by atoms with Gasteiger partial charge in [-0.1, -0.05) is 6.42 Å². The van der Waals surface area contributed by atoms with Crippen LogP contribution in [0.1, 0.15) is 37.4 Å². The molecular formula is C17H25N5. The van der Waals surface area contributed by atoms with E-state index in [4.69, 9.17) is 0 Å². The standard InChI is InChI=1S/C17H25N5/c1-12-6-4-5-9-21(12)15-10-20(11-15)17-13(2)14(3)19-16-7-8-18-22(16)17/h7-8,12,15H,4-6,9-11H2,1-3H3. The third kappa shape index (κ3) is 2.10. The fourth-order valence-electron chi connectivity index (χ4n) is 3.99. The number of anilines is 1. The van der Waals surface area contributed by atoms with E-state index in [9.17, 15) is 0 Å². The molecule has 2 fully saturated rings. The van der Waals surface area contributed by atoms with E-state index >= 15 is 0 Å². The number of rotatable bonds is 2. The molecule has 4 rings (SSSR count). The van der Waals surface area contributed by atoms with E-state index in [1.54, 1.807) is 0 Å². The molecule has 0 spiro atoms. The fourth-order valence-corrected chi connectivity index (χ4v) is 3.99. The molecule has 4 heterocycles. The van der Waals surface area contributed by atoms with Crippen LogP contribution in [0, 0.1) is 13.8 Å². The number of aryl methyl sites for hydroxylation is 1. The topological polar surface area (TPSA) is 36.7 Å². The van der Waals surface area contributed by atoms with Crippen molar-refractivity contribution in [2.24, 2.45) is 0 Å². The summed E-state index contributed by atoms with van der Waals surface area (Å²) in [5.41, 5.74) is 3.31. The van der Waals surface area contributed by atoms with Crippen molar-refractivity contribution in [3.05, 3.63) is 23.5 Å². The molecule has 2 aliphatic rings. The Kier molecular flexibility index (Phi) is 3.33. The Hall–Kier alpha value is -1.62. The first kappa shape index (κ1) is 14.0. The lowest BCUT2D eigenvalue weighted by molar-refractivity contribution is 0.0870. The molecule has 0 saturated carbocycles. The lowest BCUT2D eigenvalue weighted by atomic mass is 9.97. The summed E-state index contributed by atoms with van der Waals surface area (Å²) in [6, 6.07) is 3.43. The summed E-state index contributed by atoms with van der Waals surface area (Å²) in [7, 11) is 0. The van der Waals surface area contributed by atoms with Gasteiger partial charge >= 0.3 is 0 Å². The number of aromatic nitrogens is 3. The lowest BCUT2D eigenvalue weighted by Gasteiger charge is -2.50. The van der Waals surface area contributed by atoms with E-state index in [0.717, 1.165) is 30.5 Å². The summed E-state index contributed by atoms with van der Waals surface area (Å²) in [5.74, 6) is 1.23. The quantitative estimate of drug-likeness (QED) is 0.853. The number of nitrogens with zero attached hydrogens (tertiary/aromatic N) is 5. The van der Waals surface area contributed by atoms with Gasteiger partial charge in [0.2, 0.25) is 0 Å². The van der Waals surface area contributed by atoms with Crippen LogP contribution in [0.5, 0.6) is 0 Å². The van der Waals surface area contributed by atoms with Crippen molar-refractivity contribution < 1.29 is 0 Å². The van der Waals surface area contributed by atoms with Gasteiger partial charge in [0.1, 0.15) is 5.82 Å². The molecule has 2 aromatic heterocycles. The summed E-state index contributed by atoms with van der Waals surface area (Å²) in [5, 5.41) is 4.47. The highest BCUT2D eigenvalue weighted by atomic mass is 15.4. The smallest absolute Gasteiger partial charge is 0.157 e. The molecule has 5 nitrogen and oxygen atoms in total. The van der Waals surface area contributed by atoms with Crippen LogP contribution >= 0.6 is 0 Å². The van der Waals surface area contributed by atoms with Crippen LogP contribution in [-0.4, -0.2) is 51.2 Å². The Bertz CT molecular complexity index is 686. The predicted octanol–water partition coefficient (Wildman–Crippen LogP) is 2.41. The van der Waals surface area contributed by atoms with Crippen molar-refractivity contribution in [2.75, 3.05) is 24.5 Å². The number of hydrogen-bond acceptors (Lipinski definition) is 4. The maximum Gasteiger partial charge on any atom is 0.157 e. The minimum atomic E-state index is 0.703. The Labute approximate surface area is 131 Å². The maximum absolute atomic E-state index is 4.62. The van der Waals surface area contributed by atoms with Crippen LogP contribution in [0.15, 0.2) is 12.3 Å². The molecular weight excluding hydrogens is 274 g/mol. The van der Waals surface area contributed by atoms with Gasteiger partial charge in [0.15, 0.2) is 5.65 Å². The molecule has 0 N–H and O–H groups in total. The van der Waals surface area contributed by atoms with E-state index < -0.39 is 0 Å².